The number of nitriles is 1. The number of hydrogen-bond donors (Lipinski definition) is 1. The topological polar surface area (TPSA) is 82.4 Å². The minimum absolute atomic E-state index is 0.0219. The lowest BCUT2D eigenvalue weighted by molar-refractivity contribution is -0.0498. The van der Waals surface area contributed by atoms with Gasteiger partial charge in [0.2, 0.25) is 10.0 Å². The van der Waals surface area contributed by atoms with E-state index in [2.05, 4.69) is 15.5 Å². The standard InChI is InChI=1S/C24H27F2N3O3S/c1-4-24(11-12-24)33(30,31)28-17-7-5-16(6-8-17)22-20(14-27)19-10-9-18(32-23(25)26)13-21(19)29(22)15(2)3/h5-10,13,15,20,22-23,28H,4,11-12H2,1-3H3. The maximum atomic E-state index is 12.7. The largest absolute Gasteiger partial charge is 0.435 e. The van der Waals surface area contributed by atoms with Gasteiger partial charge >= 0.3 is 6.61 Å². The Bertz CT molecular complexity index is 1170. The lowest BCUT2D eigenvalue weighted by Gasteiger charge is -2.33. The Labute approximate surface area is 193 Å². The minimum atomic E-state index is -3.47. The number of nitrogens with zero attached hydrogens (tertiary/aromatic N) is 2. The molecule has 2 unspecified atom stereocenters. The van der Waals surface area contributed by atoms with Crippen LogP contribution in [0.25, 0.3) is 0 Å². The fourth-order valence-electron chi connectivity index (χ4n) is 4.72. The summed E-state index contributed by atoms with van der Waals surface area (Å²) in [5, 5.41) is 9.97. The molecule has 1 aliphatic heterocycles. The van der Waals surface area contributed by atoms with Crippen LogP contribution in [0.5, 0.6) is 5.75 Å². The van der Waals surface area contributed by atoms with E-state index in [9.17, 15) is 22.5 Å². The highest BCUT2D eigenvalue weighted by atomic mass is 32.2. The van der Waals surface area contributed by atoms with Gasteiger partial charge in [-0.05, 0) is 62.4 Å². The molecule has 0 amide bonds. The maximum absolute atomic E-state index is 12.7. The molecule has 0 aromatic heterocycles. The first-order valence-corrected chi connectivity index (χ1v) is 12.5. The summed E-state index contributed by atoms with van der Waals surface area (Å²) >= 11 is 0. The van der Waals surface area contributed by atoms with Crippen LogP contribution in [-0.4, -0.2) is 25.8 Å². The van der Waals surface area contributed by atoms with Gasteiger partial charge < -0.3 is 9.64 Å². The molecule has 0 radical (unpaired) electrons. The van der Waals surface area contributed by atoms with E-state index in [4.69, 9.17) is 0 Å². The molecule has 1 saturated carbocycles. The van der Waals surface area contributed by atoms with Crippen LogP contribution in [0.3, 0.4) is 0 Å². The van der Waals surface area contributed by atoms with Gasteiger partial charge in [0.15, 0.2) is 0 Å². The highest BCUT2D eigenvalue weighted by Gasteiger charge is 2.53. The summed E-state index contributed by atoms with van der Waals surface area (Å²) in [6, 6.07) is 13.7. The summed E-state index contributed by atoms with van der Waals surface area (Å²) in [5.41, 5.74) is 2.75. The molecule has 2 aromatic rings. The first-order chi connectivity index (χ1) is 15.6. The SMILES string of the molecule is CCC1(S(=O)(=O)Nc2ccc(C3C(C#N)c4ccc(OC(F)F)cc4N3C(C)C)cc2)CC1. The summed E-state index contributed by atoms with van der Waals surface area (Å²) in [5.74, 6) is -0.471. The average molecular weight is 476 g/mol. The number of halogens is 2. The predicted octanol–water partition coefficient (Wildman–Crippen LogP) is 5.55. The molecule has 0 bridgehead atoms. The quantitative estimate of drug-likeness (QED) is 0.541. The molecule has 2 atom stereocenters. The van der Waals surface area contributed by atoms with Gasteiger partial charge in [0.05, 0.1) is 22.8 Å². The first kappa shape index (κ1) is 23.3. The van der Waals surface area contributed by atoms with Gasteiger partial charge in [-0.3, -0.25) is 4.72 Å². The highest BCUT2D eigenvalue weighted by Crippen LogP contribution is 2.51. The zero-order valence-corrected chi connectivity index (χ0v) is 19.6. The number of sulfonamides is 1. The summed E-state index contributed by atoms with van der Waals surface area (Å²) in [6.07, 6.45) is 1.91. The molecular formula is C24H27F2N3O3S. The Morgan fingerprint density at radius 1 is 1.21 bits per heavy atom. The second-order valence-electron chi connectivity index (χ2n) is 8.92. The Morgan fingerprint density at radius 2 is 1.88 bits per heavy atom. The van der Waals surface area contributed by atoms with Crippen molar-refractivity contribution in [1.82, 2.24) is 0 Å². The lowest BCUT2D eigenvalue weighted by Crippen LogP contribution is -2.33. The van der Waals surface area contributed by atoms with Crippen molar-refractivity contribution in [2.24, 2.45) is 0 Å². The van der Waals surface area contributed by atoms with Crippen molar-refractivity contribution in [1.29, 1.82) is 5.26 Å². The Morgan fingerprint density at radius 3 is 2.39 bits per heavy atom. The zero-order valence-electron chi connectivity index (χ0n) is 18.8. The van der Waals surface area contributed by atoms with Crippen LogP contribution in [0, 0.1) is 11.3 Å². The van der Waals surface area contributed by atoms with Crippen molar-refractivity contribution in [2.75, 3.05) is 9.62 Å². The number of anilines is 2. The lowest BCUT2D eigenvalue weighted by atomic mass is 9.91. The van der Waals surface area contributed by atoms with Crippen molar-refractivity contribution in [3.63, 3.8) is 0 Å². The molecule has 1 fully saturated rings. The fourth-order valence-corrected chi connectivity index (χ4v) is 6.41. The first-order valence-electron chi connectivity index (χ1n) is 11.0. The molecular weight excluding hydrogens is 448 g/mol. The molecule has 0 saturated heterocycles. The van der Waals surface area contributed by atoms with Crippen molar-refractivity contribution >= 4 is 21.4 Å². The van der Waals surface area contributed by atoms with Gasteiger partial charge in [-0.1, -0.05) is 25.1 Å². The van der Waals surface area contributed by atoms with E-state index in [1.165, 1.54) is 6.07 Å². The minimum Gasteiger partial charge on any atom is -0.435 e. The van der Waals surface area contributed by atoms with Gasteiger partial charge in [-0.2, -0.15) is 14.0 Å². The molecule has 2 aliphatic rings. The number of rotatable bonds is 8. The van der Waals surface area contributed by atoms with Crippen LogP contribution in [0.15, 0.2) is 42.5 Å². The molecule has 1 aliphatic carbocycles. The molecule has 176 valence electrons. The molecule has 1 N–H and O–H groups in total. The number of alkyl halides is 2. The summed E-state index contributed by atoms with van der Waals surface area (Å²) in [4.78, 5) is 2.02. The molecule has 1 heterocycles. The average Bonchev–Trinajstić information content (AvgIpc) is 3.50. The van der Waals surface area contributed by atoms with Gasteiger partial charge in [0.1, 0.15) is 5.75 Å². The van der Waals surface area contributed by atoms with Gasteiger partial charge in [-0.15, -0.1) is 0 Å². The van der Waals surface area contributed by atoms with Crippen molar-refractivity contribution < 1.29 is 21.9 Å². The third-order valence-electron chi connectivity index (χ3n) is 6.68. The van der Waals surface area contributed by atoms with Gasteiger partial charge in [-0.25, -0.2) is 8.42 Å². The van der Waals surface area contributed by atoms with E-state index in [0.717, 1.165) is 11.1 Å². The van der Waals surface area contributed by atoms with E-state index in [0.29, 0.717) is 30.6 Å². The molecule has 9 heteroatoms. The summed E-state index contributed by atoms with van der Waals surface area (Å²) in [6.45, 7) is 2.89. The van der Waals surface area contributed by atoms with E-state index < -0.39 is 27.3 Å². The number of ether oxygens (including phenoxy) is 1. The Kier molecular flexibility index (Phi) is 5.99. The molecule has 4 rings (SSSR count). The van der Waals surface area contributed by atoms with Crippen LogP contribution < -0.4 is 14.4 Å². The zero-order chi connectivity index (χ0) is 24.0. The Balaban J connectivity index is 1.65. The number of hydrogen-bond acceptors (Lipinski definition) is 5. The molecule has 33 heavy (non-hydrogen) atoms. The monoisotopic (exact) mass is 475 g/mol. The van der Waals surface area contributed by atoms with Crippen LogP contribution >= 0.6 is 0 Å². The summed E-state index contributed by atoms with van der Waals surface area (Å²) < 4.78 is 57.5. The second-order valence-corrected chi connectivity index (χ2v) is 11.0. The van der Waals surface area contributed by atoms with E-state index in [1.54, 1.807) is 24.3 Å². The maximum Gasteiger partial charge on any atom is 0.387 e. The number of fused-ring (bicyclic) bond motifs is 1. The van der Waals surface area contributed by atoms with E-state index >= 15 is 0 Å². The van der Waals surface area contributed by atoms with Crippen molar-refractivity contribution in [3.05, 3.63) is 53.6 Å². The van der Waals surface area contributed by atoms with Gasteiger partial charge in [0.25, 0.3) is 0 Å². The van der Waals surface area contributed by atoms with Crippen LogP contribution in [0.2, 0.25) is 0 Å². The van der Waals surface area contributed by atoms with Crippen molar-refractivity contribution in [3.8, 4) is 11.8 Å². The smallest absolute Gasteiger partial charge is 0.387 e. The fraction of sp³-hybridized carbons (Fsp3) is 0.458. The number of benzene rings is 2. The second kappa shape index (κ2) is 8.49. The van der Waals surface area contributed by atoms with E-state index in [-0.39, 0.29) is 17.8 Å². The van der Waals surface area contributed by atoms with Crippen molar-refractivity contribution in [2.45, 2.75) is 69.4 Å². The Hall–Kier alpha value is -2.86. The van der Waals surface area contributed by atoms with Gasteiger partial charge in [0, 0.05) is 23.5 Å². The normalized spacial score (nSPS) is 21.1. The van der Waals surface area contributed by atoms with E-state index in [1.807, 2.05) is 37.8 Å². The number of nitrogens with one attached hydrogen (secondary N) is 1. The predicted molar refractivity (Wildman–Crippen MR) is 123 cm³/mol. The molecule has 0 spiro atoms. The summed E-state index contributed by atoms with van der Waals surface area (Å²) in [7, 11) is -3.47. The third-order valence-corrected chi connectivity index (χ3v) is 9.02. The third kappa shape index (κ3) is 4.12. The van der Waals surface area contributed by atoms with Crippen LogP contribution in [0.1, 0.15) is 63.1 Å². The molecule has 2 aromatic carbocycles. The van der Waals surface area contributed by atoms with Crippen LogP contribution in [-0.2, 0) is 10.0 Å². The van der Waals surface area contributed by atoms with Crippen LogP contribution in [0.4, 0.5) is 20.2 Å². The molecule has 6 nitrogen and oxygen atoms in total. The highest BCUT2D eigenvalue weighted by molar-refractivity contribution is 7.94.